The van der Waals surface area contributed by atoms with Gasteiger partial charge in [-0.25, -0.2) is 4.98 Å². The van der Waals surface area contributed by atoms with Crippen LogP contribution in [-0.2, 0) is 22.1 Å². The van der Waals surface area contributed by atoms with Crippen LogP contribution in [0.2, 0.25) is 0 Å². The highest BCUT2D eigenvalue weighted by molar-refractivity contribution is 7.99. The van der Waals surface area contributed by atoms with Crippen molar-refractivity contribution in [2.75, 3.05) is 12.0 Å². The van der Waals surface area contributed by atoms with Crippen molar-refractivity contribution in [1.29, 1.82) is 0 Å². The van der Waals surface area contributed by atoms with Crippen molar-refractivity contribution in [2.45, 2.75) is 23.9 Å². The molecule has 0 spiro atoms. The first kappa shape index (κ1) is 16.2. The Morgan fingerprint density at radius 2 is 2.33 bits per heavy atom. The maximum Gasteiger partial charge on any atom is 0.313 e. The molecule has 0 saturated carbocycles. The van der Waals surface area contributed by atoms with Crippen molar-refractivity contribution >= 4 is 50.1 Å². The van der Waals surface area contributed by atoms with Crippen molar-refractivity contribution in [1.82, 2.24) is 9.55 Å². The number of hydrogen-bond acceptors (Lipinski definition) is 6. The quantitative estimate of drug-likeness (QED) is 0.628. The van der Waals surface area contributed by atoms with Gasteiger partial charge in [0.25, 0.3) is 5.56 Å². The van der Waals surface area contributed by atoms with Crippen LogP contribution in [-0.4, -0.2) is 42.1 Å². The lowest BCUT2D eigenvalue weighted by molar-refractivity contribution is -0.133. The SMILES string of the molecule is CC(Cn1c(SCC(=O)O)nc2sccc2c1=O)S(C)=O. The molecule has 0 fully saturated rings. The summed E-state index contributed by atoms with van der Waals surface area (Å²) in [5.74, 6) is -1.15. The summed E-state index contributed by atoms with van der Waals surface area (Å²) in [4.78, 5) is 28.2. The number of aromatic nitrogens is 2. The first-order valence-electron chi connectivity index (χ1n) is 6.05. The number of hydrogen-bond donors (Lipinski definition) is 1. The van der Waals surface area contributed by atoms with Crippen LogP contribution in [0.3, 0.4) is 0 Å². The zero-order chi connectivity index (χ0) is 15.6. The minimum atomic E-state index is -1.07. The van der Waals surface area contributed by atoms with Crippen LogP contribution in [0.25, 0.3) is 10.2 Å². The van der Waals surface area contributed by atoms with Crippen LogP contribution in [0.4, 0.5) is 0 Å². The van der Waals surface area contributed by atoms with E-state index in [1.165, 1.54) is 15.9 Å². The van der Waals surface area contributed by atoms with Crippen molar-refractivity contribution in [3.8, 4) is 0 Å². The lowest BCUT2D eigenvalue weighted by atomic mass is 10.4. The zero-order valence-electron chi connectivity index (χ0n) is 11.4. The minimum Gasteiger partial charge on any atom is -0.481 e. The molecule has 2 unspecified atom stereocenters. The summed E-state index contributed by atoms with van der Waals surface area (Å²) in [7, 11) is -1.07. The molecule has 0 aromatic carbocycles. The Hall–Kier alpha value is -1.19. The maximum absolute atomic E-state index is 12.5. The molecule has 2 rings (SSSR count). The van der Waals surface area contributed by atoms with Crippen molar-refractivity contribution in [3.05, 3.63) is 21.8 Å². The number of rotatable bonds is 6. The van der Waals surface area contributed by atoms with Crippen molar-refractivity contribution < 1.29 is 14.1 Å². The average Bonchev–Trinajstić information content (AvgIpc) is 2.88. The maximum atomic E-state index is 12.5. The minimum absolute atomic E-state index is 0.174. The summed E-state index contributed by atoms with van der Waals surface area (Å²) in [6.07, 6.45) is 1.58. The molecular weight excluding hydrogens is 332 g/mol. The van der Waals surface area contributed by atoms with Crippen LogP contribution >= 0.6 is 23.1 Å². The largest absolute Gasteiger partial charge is 0.481 e. The Morgan fingerprint density at radius 3 is 2.95 bits per heavy atom. The molecule has 0 amide bonds. The summed E-state index contributed by atoms with van der Waals surface area (Å²) >= 11 is 2.34. The molecule has 6 nitrogen and oxygen atoms in total. The molecule has 9 heteroatoms. The van der Waals surface area contributed by atoms with Gasteiger partial charge in [-0.05, 0) is 18.4 Å². The smallest absolute Gasteiger partial charge is 0.313 e. The van der Waals surface area contributed by atoms with E-state index in [1.807, 2.05) is 0 Å². The number of nitrogens with zero attached hydrogens (tertiary/aromatic N) is 2. The van der Waals surface area contributed by atoms with E-state index in [0.717, 1.165) is 11.8 Å². The molecule has 2 heterocycles. The van der Waals surface area contributed by atoms with Gasteiger partial charge in [-0.2, -0.15) is 0 Å². The van der Waals surface area contributed by atoms with E-state index >= 15 is 0 Å². The normalized spacial score (nSPS) is 14.2. The van der Waals surface area contributed by atoms with E-state index in [0.29, 0.717) is 15.4 Å². The van der Waals surface area contributed by atoms with E-state index in [-0.39, 0.29) is 23.1 Å². The topological polar surface area (TPSA) is 89.3 Å². The first-order valence-corrected chi connectivity index (χ1v) is 9.53. The van der Waals surface area contributed by atoms with Gasteiger partial charge < -0.3 is 5.11 Å². The predicted octanol–water partition coefficient (Wildman–Crippen LogP) is 1.40. The summed E-state index contributed by atoms with van der Waals surface area (Å²) in [6.45, 7) is 2.04. The average molecular weight is 346 g/mol. The number of thioether (sulfide) groups is 1. The molecule has 2 aromatic heterocycles. The molecule has 21 heavy (non-hydrogen) atoms. The van der Waals surface area contributed by atoms with Crippen LogP contribution in [0.1, 0.15) is 6.92 Å². The van der Waals surface area contributed by atoms with Crippen molar-refractivity contribution in [3.63, 3.8) is 0 Å². The molecule has 0 aliphatic heterocycles. The highest BCUT2D eigenvalue weighted by Gasteiger charge is 2.17. The summed E-state index contributed by atoms with van der Waals surface area (Å²) < 4.78 is 13.0. The third-order valence-electron chi connectivity index (χ3n) is 2.88. The second-order valence-corrected chi connectivity index (χ2v) is 8.08. The van der Waals surface area contributed by atoms with E-state index in [9.17, 15) is 13.8 Å². The molecule has 0 aliphatic carbocycles. The Bertz CT molecular complexity index is 753. The van der Waals surface area contributed by atoms with Gasteiger partial charge >= 0.3 is 5.97 Å². The molecule has 0 bridgehead atoms. The summed E-state index contributed by atoms with van der Waals surface area (Å²) in [5, 5.41) is 11.2. The van der Waals surface area contributed by atoms with Crippen LogP contribution in [0.15, 0.2) is 21.4 Å². The Kier molecular flexibility index (Phi) is 5.17. The summed E-state index contributed by atoms with van der Waals surface area (Å²) in [6, 6.07) is 1.70. The number of carboxylic acid groups (broad SMARTS) is 1. The molecule has 0 saturated heterocycles. The van der Waals surface area contributed by atoms with Crippen molar-refractivity contribution in [2.24, 2.45) is 0 Å². The Labute approximate surface area is 131 Å². The highest BCUT2D eigenvalue weighted by Crippen LogP contribution is 2.21. The van der Waals surface area contributed by atoms with Gasteiger partial charge in [0.05, 0.1) is 11.1 Å². The highest BCUT2D eigenvalue weighted by atomic mass is 32.2. The molecule has 1 N–H and O–H groups in total. The number of carbonyl (C=O) groups is 1. The van der Waals surface area contributed by atoms with E-state index in [2.05, 4.69) is 4.98 Å². The molecule has 2 aromatic rings. The molecule has 114 valence electrons. The van der Waals surface area contributed by atoms with Gasteiger partial charge in [0.15, 0.2) is 5.16 Å². The molecular formula is C12H14N2O4S3. The number of aliphatic carboxylic acids is 1. The fourth-order valence-electron chi connectivity index (χ4n) is 1.69. The van der Waals surface area contributed by atoms with Gasteiger partial charge in [0.1, 0.15) is 4.83 Å². The van der Waals surface area contributed by atoms with Crippen LogP contribution in [0.5, 0.6) is 0 Å². The van der Waals surface area contributed by atoms with E-state index in [4.69, 9.17) is 5.11 Å². The second kappa shape index (κ2) is 6.71. The van der Waals surface area contributed by atoms with Gasteiger partial charge in [0.2, 0.25) is 0 Å². The lowest BCUT2D eigenvalue weighted by Gasteiger charge is -2.14. The fraction of sp³-hybridized carbons (Fsp3) is 0.417. The Balaban J connectivity index is 2.49. The monoisotopic (exact) mass is 346 g/mol. The second-order valence-electron chi connectivity index (χ2n) is 4.44. The predicted molar refractivity (Wildman–Crippen MR) is 85.8 cm³/mol. The third-order valence-corrected chi connectivity index (χ3v) is 5.93. The van der Waals surface area contributed by atoms with Gasteiger partial charge in [0, 0.05) is 28.9 Å². The van der Waals surface area contributed by atoms with Gasteiger partial charge in [-0.3, -0.25) is 18.4 Å². The van der Waals surface area contributed by atoms with Gasteiger partial charge in [-0.15, -0.1) is 11.3 Å². The van der Waals surface area contributed by atoms with Crippen LogP contribution in [0, 0.1) is 0 Å². The summed E-state index contributed by atoms with van der Waals surface area (Å²) in [5.41, 5.74) is -0.216. The first-order chi connectivity index (χ1) is 9.90. The zero-order valence-corrected chi connectivity index (χ0v) is 13.9. The Morgan fingerprint density at radius 1 is 1.62 bits per heavy atom. The molecule has 0 aliphatic rings. The van der Waals surface area contributed by atoms with E-state index < -0.39 is 16.8 Å². The molecule has 2 atom stereocenters. The number of carboxylic acids is 1. The molecule has 0 radical (unpaired) electrons. The van der Waals surface area contributed by atoms with Gasteiger partial charge in [-0.1, -0.05) is 11.8 Å². The van der Waals surface area contributed by atoms with Crippen LogP contribution < -0.4 is 5.56 Å². The van der Waals surface area contributed by atoms with E-state index in [1.54, 1.807) is 24.6 Å². The number of thiophene rings is 1. The lowest BCUT2D eigenvalue weighted by Crippen LogP contribution is -2.29. The number of fused-ring (bicyclic) bond motifs is 1. The fourth-order valence-corrected chi connectivity index (χ4v) is 3.58. The third kappa shape index (κ3) is 3.72. The standard InChI is InChI=1S/C12H14N2O4S3/c1-7(21(2)18)5-14-11(17)8-3-4-19-10(8)13-12(14)20-6-9(15)16/h3-4,7H,5-6H2,1-2H3,(H,15,16).